The maximum Gasteiger partial charge on any atom is 0.334 e. The first kappa shape index (κ1) is 31.7. The number of urea groups is 1. The number of ether oxygens (including phenoxy) is 1. The first-order chi connectivity index (χ1) is 19.3. The molecule has 4 unspecified atom stereocenters. The number of aliphatic carboxylic acids is 1. The molecule has 40 heavy (non-hydrogen) atoms. The highest BCUT2D eigenvalue weighted by atomic mass is 32.2. The van der Waals surface area contributed by atoms with Gasteiger partial charge in [-0.05, 0) is 24.2 Å². The third kappa shape index (κ3) is 9.97. The molecule has 0 bridgehead atoms. The van der Waals surface area contributed by atoms with Crippen LogP contribution in [0, 0.1) is 5.92 Å². The molecule has 0 aromatic heterocycles. The van der Waals surface area contributed by atoms with Crippen LogP contribution in [0.5, 0.6) is 0 Å². The number of thioether (sulfide) groups is 1. The Bertz CT molecular complexity index is 971. The molecule has 2 aliphatic rings. The Morgan fingerprint density at radius 2 is 1.62 bits per heavy atom. The van der Waals surface area contributed by atoms with Crippen LogP contribution in [0.15, 0.2) is 30.3 Å². The van der Waals surface area contributed by atoms with Crippen molar-refractivity contribution in [3.8, 4) is 0 Å². The average Bonchev–Trinajstić information content (AvgIpc) is 2.97. The minimum absolute atomic E-state index is 0.215. The normalized spacial score (nSPS) is 19.1. The van der Waals surface area contributed by atoms with E-state index in [9.17, 15) is 29.4 Å². The van der Waals surface area contributed by atoms with E-state index >= 15 is 0 Å². The van der Waals surface area contributed by atoms with Crippen molar-refractivity contribution in [3.05, 3.63) is 35.9 Å². The number of benzene rings is 1. The molecule has 12 heteroatoms. The molecule has 2 fully saturated rings. The fourth-order valence-electron chi connectivity index (χ4n) is 5.19. The molecule has 1 heterocycles. The van der Waals surface area contributed by atoms with Crippen molar-refractivity contribution >= 4 is 35.6 Å². The van der Waals surface area contributed by atoms with Crippen molar-refractivity contribution in [1.82, 2.24) is 20.9 Å². The highest BCUT2D eigenvalue weighted by Crippen LogP contribution is 2.28. The van der Waals surface area contributed by atoms with Crippen LogP contribution in [-0.2, 0) is 25.5 Å². The molecule has 1 aromatic rings. The zero-order valence-electron chi connectivity index (χ0n) is 23.0. The molecule has 4 atom stereocenters. The molecule has 4 amide bonds. The molecular formula is C28H42N4O7S. The number of carbonyl (C=O) groups is 4. The minimum atomic E-state index is -1.75. The number of carboxylic acid groups (broad SMARTS) is 1. The second-order valence-corrected chi connectivity index (χ2v) is 11.4. The van der Waals surface area contributed by atoms with Gasteiger partial charge in [-0.15, -0.1) is 0 Å². The Morgan fingerprint density at radius 3 is 2.25 bits per heavy atom. The molecule has 3 rings (SSSR count). The number of nitrogens with zero attached hydrogens (tertiary/aromatic N) is 1. The van der Waals surface area contributed by atoms with Gasteiger partial charge in [-0.25, -0.2) is 9.59 Å². The molecule has 1 aromatic carbocycles. The quantitative estimate of drug-likeness (QED) is 0.235. The van der Waals surface area contributed by atoms with Crippen LogP contribution in [0.2, 0.25) is 0 Å². The molecule has 5 N–H and O–H groups in total. The van der Waals surface area contributed by atoms with Gasteiger partial charge in [-0.1, -0.05) is 62.4 Å². The number of hydrogen-bond acceptors (Lipinski definition) is 7. The lowest BCUT2D eigenvalue weighted by molar-refractivity contribution is -0.149. The summed E-state index contributed by atoms with van der Waals surface area (Å²) < 4.78 is 5.31. The van der Waals surface area contributed by atoms with E-state index in [1.54, 1.807) is 11.2 Å². The van der Waals surface area contributed by atoms with Gasteiger partial charge in [0.15, 0.2) is 6.10 Å². The topological polar surface area (TPSA) is 157 Å². The van der Waals surface area contributed by atoms with Gasteiger partial charge in [0, 0.05) is 25.3 Å². The lowest BCUT2D eigenvalue weighted by atomic mass is 9.83. The molecule has 1 aliphatic heterocycles. The number of hydrogen-bond donors (Lipinski definition) is 5. The van der Waals surface area contributed by atoms with Gasteiger partial charge < -0.3 is 35.8 Å². The van der Waals surface area contributed by atoms with Crippen molar-refractivity contribution in [2.45, 2.75) is 69.2 Å². The van der Waals surface area contributed by atoms with Crippen LogP contribution in [0.4, 0.5) is 4.79 Å². The third-order valence-electron chi connectivity index (χ3n) is 7.44. The molecule has 222 valence electrons. The van der Waals surface area contributed by atoms with E-state index in [1.807, 2.05) is 30.3 Å². The van der Waals surface area contributed by atoms with Gasteiger partial charge >= 0.3 is 12.0 Å². The summed E-state index contributed by atoms with van der Waals surface area (Å²) >= 11 is 1.35. The van der Waals surface area contributed by atoms with Crippen molar-refractivity contribution < 1.29 is 34.1 Å². The van der Waals surface area contributed by atoms with Crippen LogP contribution in [0.3, 0.4) is 0 Å². The first-order valence-electron chi connectivity index (χ1n) is 14.0. The number of rotatable bonds is 13. The molecule has 1 saturated carbocycles. The van der Waals surface area contributed by atoms with Crippen LogP contribution in [-0.4, -0.2) is 101 Å². The van der Waals surface area contributed by atoms with Crippen molar-refractivity contribution in [1.29, 1.82) is 0 Å². The van der Waals surface area contributed by atoms with Gasteiger partial charge in [0.25, 0.3) is 0 Å². The van der Waals surface area contributed by atoms with E-state index < -0.39 is 42.0 Å². The minimum Gasteiger partial charge on any atom is -0.479 e. The van der Waals surface area contributed by atoms with E-state index in [0.29, 0.717) is 32.7 Å². The smallest absolute Gasteiger partial charge is 0.334 e. The number of amides is 4. The first-order valence-corrected chi connectivity index (χ1v) is 15.4. The Kier molecular flexibility index (Phi) is 13.0. The zero-order chi connectivity index (χ0) is 28.9. The Morgan fingerprint density at radius 1 is 0.975 bits per heavy atom. The number of aliphatic hydroxyl groups excluding tert-OH is 1. The summed E-state index contributed by atoms with van der Waals surface area (Å²) in [6.45, 7) is 1.67. The largest absolute Gasteiger partial charge is 0.479 e. The summed E-state index contributed by atoms with van der Waals surface area (Å²) in [4.78, 5) is 53.0. The summed E-state index contributed by atoms with van der Waals surface area (Å²) in [7, 11) is 0. The lowest BCUT2D eigenvalue weighted by Gasteiger charge is -2.31. The number of aliphatic hydroxyl groups is 1. The third-order valence-corrected chi connectivity index (χ3v) is 8.10. The van der Waals surface area contributed by atoms with Crippen LogP contribution >= 0.6 is 11.8 Å². The lowest BCUT2D eigenvalue weighted by Crippen LogP contribution is -2.59. The van der Waals surface area contributed by atoms with Gasteiger partial charge in [0.05, 0.1) is 19.3 Å². The number of morpholine rings is 1. The van der Waals surface area contributed by atoms with Crippen LogP contribution in [0.1, 0.15) is 44.1 Å². The summed E-state index contributed by atoms with van der Waals surface area (Å²) in [5.41, 5.74) is 0.841. The molecule has 11 nitrogen and oxygen atoms in total. The molecule has 0 radical (unpaired) electrons. The highest BCUT2D eigenvalue weighted by molar-refractivity contribution is 7.98. The summed E-state index contributed by atoms with van der Waals surface area (Å²) in [5, 5.41) is 28.1. The van der Waals surface area contributed by atoms with Gasteiger partial charge in [0.2, 0.25) is 11.8 Å². The average molecular weight is 579 g/mol. The van der Waals surface area contributed by atoms with E-state index in [0.717, 1.165) is 37.7 Å². The van der Waals surface area contributed by atoms with Crippen molar-refractivity contribution in [3.63, 3.8) is 0 Å². The summed E-state index contributed by atoms with van der Waals surface area (Å²) in [6, 6.07) is 5.97. The monoisotopic (exact) mass is 578 g/mol. The van der Waals surface area contributed by atoms with Crippen LogP contribution < -0.4 is 16.0 Å². The molecule has 1 saturated heterocycles. The van der Waals surface area contributed by atoms with E-state index in [4.69, 9.17) is 4.74 Å². The van der Waals surface area contributed by atoms with Gasteiger partial charge in [-0.2, -0.15) is 11.8 Å². The van der Waals surface area contributed by atoms with E-state index in [-0.39, 0.29) is 24.1 Å². The number of carboxylic acids is 1. The van der Waals surface area contributed by atoms with Crippen molar-refractivity contribution in [2.75, 3.05) is 38.3 Å². The zero-order valence-corrected chi connectivity index (χ0v) is 23.9. The predicted octanol–water partition coefficient (Wildman–Crippen LogP) is 1.39. The second-order valence-electron chi connectivity index (χ2n) is 10.4. The molecule has 1 aliphatic carbocycles. The molecular weight excluding hydrogens is 536 g/mol. The number of carbonyl (C=O) groups excluding carboxylic acids is 3. The SMILES string of the molecule is CSCC(NC(=O)C(Cc1ccccc1)NC(=O)N1CCOCC1)C(=O)NC(CC1CCCCC1)C(O)C(=O)O. The predicted molar refractivity (Wildman–Crippen MR) is 152 cm³/mol. The van der Waals surface area contributed by atoms with Gasteiger partial charge in [0.1, 0.15) is 12.1 Å². The second kappa shape index (κ2) is 16.4. The maximum absolute atomic E-state index is 13.5. The fraction of sp³-hybridized carbons (Fsp3) is 0.643. The van der Waals surface area contributed by atoms with Gasteiger partial charge in [-0.3, -0.25) is 9.59 Å². The maximum atomic E-state index is 13.5. The van der Waals surface area contributed by atoms with E-state index in [1.165, 1.54) is 11.8 Å². The Balaban J connectivity index is 1.71. The summed E-state index contributed by atoms with van der Waals surface area (Å²) in [5.74, 6) is -2.05. The standard InChI is InChI=1S/C28H42N4O7S/c1-40-18-23(26(35)29-21(24(33)27(36)37)16-19-8-4-2-5-9-19)30-25(34)22(17-20-10-6-3-7-11-20)31-28(38)32-12-14-39-15-13-32/h3,6-7,10-11,19,21-24,33H,2,4-5,8-9,12-18H2,1H3,(H,29,35)(H,30,34)(H,31,38)(H,36,37). The summed E-state index contributed by atoms with van der Waals surface area (Å²) in [6.07, 6.45) is 5.67. The Hall–Kier alpha value is -2.83. The van der Waals surface area contributed by atoms with Crippen LogP contribution in [0.25, 0.3) is 0 Å². The fourth-order valence-corrected chi connectivity index (χ4v) is 5.76. The highest BCUT2D eigenvalue weighted by Gasteiger charge is 2.34. The van der Waals surface area contributed by atoms with E-state index in [2.05, 4.69) is 16.0 Å². The number of nitrogens with one attached hydrogen (secondary N) is 3. The molecule has 0 spiro atoms. The van der Waals surface area contributed by atoms with Crippen molar-refractivity contribution in [2.24, 2.45) is 5.92 Å². The Labute approximate surface area is 239 Å².